The number of hydrogen-bond donors (Lipinski definition) is 3. The molecule has 0 aliphatic rings. The molecule has 4 rings (SSSR count). The third kappa shape index (κ3) is 10.5. The summed E-state index contributed by atoms with van der Waals surface area (Å²) in [5.74, 6) is 0. The predicted molar refractivity (Wildman–Crippen MR) is 164 cm³/mol. The number of aliphatic hydroxyl groups excluding tert-OH is 1. The highest BCUT2D eigenvalue weighted by Crippen LogP contribution is 2.29. The van der Waals surface area contributed by atoms with Crippen molar-refractivity contribution in [2.24, 2.45) is 0 Å². The second-order valence-corrected chi connectivity index (χ2v) is 11.6. The lowest BCUT2D eigenvalue weighted by Gasteiger charge is -2.29. The van der Waals surface area contributed by atoms with Crippen molar-refractivity contribution in [2.75, 3.05) is 25.0 Å². The number of aryl methyl sites for hydroxylation is 1. The first-order valence-electron chi connectivity index (χ1n) is 12.7. The maximum Gasteiger partial charge on any atom is 0.294 e. The lowest BCUT2D eigenvalue weighted by atomic mass is 10.0. The monoisotopic (exact) mass is 611 g/mol. The third-order valence-corrected chi connectivity index (χ3v) is 7.56. The fourth-order valence-electron chi connectivity index (χ4n) is 4.01. The van der Waals surface area contributed by atoms with Gasteiger partial charge in [-0.15, -0.1) is 0 Å². The number of benzene rings is 4. The smallest absolute Gasteiger partial charge is 0.294 e. The summed E-state index contributed by atoms with van der Waals surface area (Å²) in [5, 5.41) is 23.3. The van der Waals surface area contributed by atoms with E-state index in [2.05, 4.69) is 28.4 Å². The Kier molecular flexibility index (Phi) is 12.2. The maximum absolute atomic E-state index is 10.5. The van der Waals surface area contributed by atoms with Crippen molar-refractivity contribution in [3.8, 4) is 6.07 Å². The Bertz CT molecular complexity index is 1540. The molecule has 0 saturated heterocycles. The molecular weight excluding hydrogens is 581 g/mol. The van der Waals surface area contributed by atoms with Crippen LogP contribution in [-0.4, -0.2) is 42.7 Å². The Morgan fingerprint density at radius 3 is 2.17 bits per heavy atom. The van der Waals surface area contributed by atoms with Crippen LogP contribution in [0.2, 0.25) is 10.0 Å². The van der Waals surface area contributed by atoms with E-state index in [0.29, 0.717) is 35.2 Å². The van der Waals surface area contributed by atoms with E-state index in [1.165, 1.54) is 17.7 Å². The van der Waals surface area contributed by atoms with Gasteiger partial charge in [-0.3, -0.25) is 9.45 Å². The molecule has 0 aliphatic heterocycles. The van der Waals surface area contributed by atoms with Gasteiger partial charge < -0.3 is 10.4 Å². The van der Waals surface area contributed by atoms with E-state index in [1.54, 1.807) is 24.3 Å². The minimum Gasteiger partial charge on any atom is -0.395 e. The zero-order chi connectivity index (χ0) is 29.8. The van der Waals surface area contributed by atoms with Gasteiger partial charge in [-0.25, -0.2) is 0 Å². The molecule has 0 aromatic heterocycles. The largest absolute Gasteiger partial charge is 0.395 e. The van der Waals surface area contributed by atoms with Gasteiger partial charge in [-0.05, 0) is 60.5 Å². The first kappa shape index (κ1) is 32.1. The van der Waals surface area contributed by atoms with Crippen molar-refractivity contribution in [3.63, 3.8) is 0 Å². The number of hydrogen-bond acceptors (Lipinski definition) is 6. The Balaban J connectivity index is 0.000000352. The molecule has 41 heavy (non-hydrogen) atoms. The number of nitriles is 1. The van der Waals surface area contributed by atoms with E-state index in [1.807, 2.05) is 55.5 Å². The molecule has 0 spiro atoms. The van der Waals surface area contributed by atoms with Crippen molar-refractivity contribution in [1.82, 2.24) is 4.90 Å². The maximum atomic E-state index is 10.5. The van der Waals surface area contributed by atoms with E-state index in [4.69, 9.17) is 33.0 Å². The van der Waals surface area contributed by atoms with E-state index >= 15 is 0 Å². The van der Waals surface area contributed by atoms with Crippen LogP contribution in [0.15, 0.2) is 102 Å². The summed E-state index contributed by atoms with van der Waals surface area (Å²) in [6.07, 6.45) is 0. The molecule has 0 saturated carbocycles. The molecular formula is C31H31Cl2N3O4S. The van der Waals surface area contributed by atoms with Crippen LogP contribution < -0.4 is 5.32 Å². The van der Waals surface area contributed by atoms with Gasteiger partial charge in [-0.2, -0.15) is 13.7 Å². The van der Waals surface area contributed by atoms with E-state index in [0.717, 1.165) is 16.8 Å². The molecule has 0 radical (unpaired) electrons. The fourth-order valence-corrected chi connectivity index (χ4v) is 4.85. The molecule has 0 amide bonds. The topological polar surface area (TPSA) is 114 Å². The second kappa shape index (κ2) is 15.5. The van der Waals surface area contributed by atoms with Gasteiger partial charge in [0.05, 0.1) is 39.9 Å². The van der Waals surface area contributed by atoms with Crippen molar-refractivity contribution in [1.29, 1.82) is 5.26 Å². The molecule has 0 heterocycles. The second-order valence-electron chi connectivity index (χ2n) is 9.29. The first-order valence-corrected chi connectivity index (χ1v) is 14.9. The molecule has 3 N–H and O–H groups in total. The van der Waals surface area contributed by atoms with Gasteiger partial charge in [0.25, 0.3) is 10.1 Å². The Labute approximate surface area is 251 Å². The molecule has 0 aliphatic carbocycles. The molecule has 4 aromatic rings. The molecule has 10 heteroatoms. The van der Waals surface area contributed by atoms with Gasteiger partial charge in [0.2, 0.25) is 0 Å². The standard InChI is InChI=1S/C24H23Cl2N3O.C7H8O3S/c25-21-9-7-20(8-10-21)24(28-23-11-6-19(15-27)14-22(23)26)17-29(12-13-30)16-18-4-2-1-3-5-18;1-6-2-4-7(5-3-6)11(8,9)10/h1-11,14,24,28,30H,12-13,16-17H2;2-5H,1H3,(H,8,9,10)/t24-;/m0./s1. The summed E-state index contributed by atoms with van der Waals surface area (Å²) in [4.78, 5) is 2.13. The zero-order valence-corrected chi connectivity index (χ0v) is 24.7. The minimum atomic E-state index is -4.02. The molecule has 4 aromatic carbocycles. The summed E-state index contributed by atoms with van der Waals surface area (Å²) in [6.45, 7) is 3.81. The van der Waals surface area contributed by atoms with Crippen LogP contribution in [0, 0.1) is 18.3 Å². The summed E-state index contributed by atoms with van der Waals surface area (Å²) in [7, 11) is -4.02. The number of rotatable bonds is 10. The number of anilines is 1. The average Bonchev–Trinajstić information content (AvgIpc) is 2.95. The quantitative estimate of drug-likeness (QED) is 0.170. The van der Waals surface area contributed by atoms with E-state index < -0.39 is 10.1 Å². The molecule has 0 bridgehead atoms. The highest BCUT2D eigenvalue weighted by molar-refractivity contribution is 7.85. The van der Waals surface area contributed by atoms with Crippen LogP contribution in [0.1, 0.15) is 28.3 Å². The summed E-state index contributed by atoms with van der Waals surface area (Å²) in [5.41, 5.74) is 4.45. The molecule has 0 unspecified atom stereocenters. The van der Waals surface area contributed by atoms with Crippen LogP contribution in [0.5, 0.6) is 0 Å². The number of halogens is 2. The van der Waals surface area contributed by atoms with Crippen molar-refractivity contribution >= 4 is 39.0 Å². The van der Waals surface area contributed by atoms with Crippen LogP contribution in [-0.2, 0) is 16.7 Å². The van der Waals surface area contributed by atoms with E-state index in [9.17, 15) is 13.5 Å². The molecule has 1 atom stereocenters. The van der Waals surface area contributed by atoms with Gasteiger partial charge in [-0.1, -0.05) is 83.4 Å². The number of nitrogens with zero attached hydrogens (tertiary/aromatic N) is 2. The SMILES string of the molecule is Cc1ccc(S(=O)(=O)O)cc1.N#Cc1ccc(N[C@@H](CN(CCO)Cc2ccccc2)c2ccc(Cl)cc2)c(Cl)c1. The van der Waals surface area contributed by atoms with Gasteiger partial charge in [0.15, 0.2) is 0 Å². The average molecular weight is 613 g/mol. The summed E-state index contributed by atoms with van der Waals surface area (Å²) < 4.78 is 29.6. The Morgan fingerprint density at radius 2 is 1.61 bits per heavy atom. The number of aliphatic hydroxyl groups is 1. The van der Waals surface area contributed by atoms with Crippen LogP contribution >= 0.6 is 23.2 Å². The fraction of sp³-hybridized carbons (Fsp3) is 0.194. The zero-order valence-electron chi connectivity index (χ0n) is 22.4. The minimum absolute atomic E-state index is 0.0666. The molecule has 0 fully saturated rings. The first-order chi connectivity index (χ1) is 19.6. The lowest BCUT2D eigenvalue weighted by Crippen LogP contribution is -2.33. The van der Waals surface area contributed by atoms with Crippen molar-refractivity contribution in [2.45, 2.75) is 24.4 Å². The van der Waals surface area contributed by atoms with Crippen LogP contribution in [0.3, 0.4) is 0 Å². The van der Waals surface area contributed by atoms with Gasteiger partial charge in [0, 0.05) is 24.7 Å². The Hall–Kier alpha value is -3.42. The number of nitrogens with one attached hydrogen (secondary N) is 1. The lowest BCUT2D eigenvalue weighted by molar-refractivity contribution is 0.185. The third-order valence-electron chi connectivity index (χ3n) is 6.13. The highest BCUT2D eigenvalue weighted by Gasteiger charge is 2.18. The Morgan fingerprint density at radius 1 is 0.951 bits per heavy atom. The van der Waals surface area contributed by atoms with Gasteiger partial charge in [0.1, 0.15) is 0 Å². The van der Waals surface area contributed by atoms with E-state index in [-0.39, 0.29) is 17.5 Å². The van der Waals surface area contributed by atoms with Crippen LogP contribution in [0.4, 0.5) is 5.69 Å². The molecule has 7 nitrogen and oxygen atoms in total. The van der Waals surface area contributed by atoms with Gasteiger partial charge >= 0.3 is 0 Å². The predicted octanol–water partition coefficient (Wildman–Crippen LogP) is 6.75. The summed E-state index contributed by atoms with van der Waals surface area (Å²) >= 11 is 12.5. The summed E-state index contributed by atoms with van der Waals surface area (Å²) in [6, 6.07) is 31.1. The normalized spacial score (nSPS) is 11.7. The van der Waals surface area contributed by atoms with Crippen molar-refractivity contribution in [3.05, 3.63) is 129 Å². The highest BCUT2D eigenvalue weighted by atomic mass is 35.5. The van der Waals surface area contributed by atoms with Crippen molar-refractivity contribution < 1.29 is 18.1 Å². The van der Waals surface area contributed by atoms with Crippen LogP contribution in [0.25, 0.3) is 0 Å². The molecule has 214 valence electrons.